The van der Waals surface area contributed by atoms with Gasteiger partial charge < -0.3 is 9.73 Å². The third kappa shape index (κ3) is 3.67. The van der Waals surface area contributed by atoms with Gasteiger partial charge in [0, 0.05) is 12.5 Å². The van der Waals surface area contributed by atoms with Crippen molar-refractivity contribution in [3.8, 4) is 0 Å². The van der Waals surface area contributed by atoms with Gasteiger partial charge in [0.15, 0.2) is 0 Å². The van der Waals surface area contributed by atoms with E-state index < -0.39 is 0 Å². The first-order chi connectivity index (χ1) is 9.20. The summed E-state index contributed by atoms with van der Waals surface area (Å²) in [6, 6.07) is 9.44. The molecule has 0 aliphatic heterocycles. The summed E-state index contributed by atoms with van der Waals surface area (Å²) in [5, 5.41) is 3.44. The van der Waals surface area contributed by atoms with Crippen molar-refractivity contribution in [3.05, 3.63) is 59.3 Å². The summed E-state index contributed by atoms with van der Waals surface area (Å²) in [5.41, 5.74) is 1.82. The van der Waals surface area contributed by atoms with E-state index in [1.165, 1.54) is 0 Å². The predicted octanol–water partition coefficient (Wildman–Crippen LogP) is 4.01. The number of hydrogen-bond acceptors (Lipinski definition) is 2. The highest BCUT2D eigenvalue weighted by Gasteiger charge is 2.12. The second-order valence-corrected chi connectivity index (χ2v) is 4.74. The Bertz CT molecular complexity index is 507. The van der Waals surface area contributed by atoms with Crippen molar-refractivity contribution in [2.45, 2.75) is 32.7 Å². The van der Waals surface area contributed by atoms with Gasteiger partial charge in [-0.05, 0) is 49.2 Å². The molecule has 0 saturated heterocycles. The summed E-state index contributed by atoms with van der Waals surface area (Å²) in [5.74, 6) is 0.840. The average molecular weight is 261 g/mol. The molecular formula is C16H20FNO. The number of halogens is 1. The first-order valence-corrected chi connectivity index (χ1v) is 6.72. The smallest absolute Gasteiger partial charge is 0.126 e. The van der Waals surface area contributed by atoms with Gasteiger partial charge in [-0.3, -0.25) is 0 Å². The third-order valence-electron chi connectivity index (χ3n) is 3.29. The van der Waals surface area contributed by atoms with Crippen LogP contribution in [0, 0.1) is 12.7 Å². The molecule has 0 bridgehead atoms. The number of hydrogen-bond donors (Lipinski definition) is 1. The summed E-state index contributed by atoms with van der Waals surface area (Å²) >= 11 is 0. The van der Waals surface area contributed by atoms with E-state index in [4.69, 9.17) is 4.42 Å². The van der Waals surface area contributed by atoms with Gasteiger partial charge >= 0.3 is 0 Å². The lowest BCUT2D eigenvalue weighted by atomic mass is 9.99. The van der Waals surface area contributed by atoms with Gasteiger partial charge in [-0.25, -0.2) is 4.39 Å². The maximum atomic E-state index is 13.3. The van der Waals surface area contributed by atoms with Crippen LogP contribution in [0.2, 0.25) is 0 Å². The van der Waals surface area contributed by atoms with Crippen molar-refractivity contribution >= 4 is 0 Å². The van der Waals surface area contributed by atoms with Crippen molar-refractivity contribution in [2.24, 2.45) is 0 Å². The van der Waals surface area contributed by atoms with E-state index in [1.54, 1.807) is 19.3 Å². The summed E-state index contributed by atoms with van der Waals surface area (Å²) in [7, 11) is 0. The number of benzene rings is 1. The van der Waals surface area contributed by atoms with Crippen LogP contribution in [-0.2, 0) is 6.42 Å². The number of nitrogens with one attached hydrogen (secondary N) is 1. The van der Waals surface area contributed by atoms with Gasteiger partial charge in [0.1, 0.15) is 11.6 Å². The molecule has 0 radical (unpaired) electrons. The van der Waals surface area contributed by atoms with Crippen molar-refractivity contribution in [1.82, 2.24) is 5.32 Å². The molecule has 0 aliphatic rings. The van der Waals surface area contributed by atoms with Gasteiger partial charge in [0.2, 0.25) is 0 Å². The monoisotopic (exact) mass is 261 g/mol. The molecule has 102 valence electrons. The summed E-state index contributed by atoms with van der Waals surface area (Å²) < 4.78 is 18.7. The maximum absolute atomic E-state index is 13.3. The van der Waals surface area contributed by atoms with E-state index in [0.717, 1.165) is 30.7 Å². The lowest BCUT2D eigenvalue weighted by Crippen LogP contribution is -2.21. The Morgan fingerprint density at radius 3 is 2.79 bits per heavy atom. The lowest BCUT2D eigenvalue weighted by molar-refractivity contribution is 0.458. The molecule has 0 aliphatic carbocycles. The summed E-state index contributed by atoms with van der Waals surface area (Å²) in [6.45, 7) is 4.77. The molecule has 1 N–H and O–H groups in total. The van der Waals surface area contributed by atoms with Crippen molar-refractivity contribution < 1.29 is 8.81 Å². The molecule has 0 spiro atoms. The van der Waals surface area contributed by atoms with Crippen LogP contribution in [0.25, 0.3) is 0 Å². The van der Waals surface area contributed by atoms with E-state index in [1.807, 2.05) is 24.3 Å². The second-order valence-electron chi connectivity index (χ2n) is 4.74. The van der Waals surface area contributed by atoms with Crippen LogP contribution in [0.3, 0.4) is 0 Å². The highest BCUT2D eigenvalue weighted by Crippen LogP contribution is 2.21. The Balaban J connectivity index is 2.07. The van der Waals surface area contributed by atoms with Crippen LogP contribution in [0.15, 0.2) is 41.0 Å². The Hall–Kier alpha value is -1.61. The molecule has 1 aromatic heterocycles. The minimum atomic E-state index is -0.148. The van der Waals surface area contributed by atoms with E-state index in [-0.39, 0.29) is 11.9 Å². The van der Waals surface area contributed by atoms with Crippen molar-refractivity contribution in [3.63, 3.8) is 0 Å². The van der Waals surface area contributed by atoms with Crippen LogP contribution >= 0.6 is 0 Å². The fraction of sp³-hybridized carbons (Fsp3) is 0.375. The van der Waals surface area contributed by atoms with Crippen molar-refractivity contribution in [1.29, 1.82) is 0 Å². The number of aryl methyl sites for hydroxylation is 2. The SMILES string of the molecule is CCNC(CCc1ccco1)c1ccc(F)c(C)c1. The first kappa shape index (κ1) is 13.8. The third-order valence-corrected chi connectivity index (χ3v) is 3.29. The fourth-order valence-electron chi connectivity index (χ4n) is 2.26. The molecule has 0 saturated carbocycles. The molecule has 1 unspecified atom stereocenters. The second kappa shape index (κ2) is 6.53. The minimum Gasteiger partial charge on any atom is -0.469 e. The fourth-order valence-corrected chi connectivity index (χ4v) is 2.26. The zero-order chi connectivity index (χ0) is 13.7. The Kier molecular flexibility index (Phi) is 4.74. The Morgan fingerprint density at radius 2 is 2.16 bits per heavy atom. The molecule has 1 heterocycles. The van der Waals surface area contributed by atoms with E-state index >= 15 is 0 Å². The average Bonchev–Trinajstić information content (AvgIpc) is 2.91. The van der Waals surface area contributed by atoms with Gasteiger partial charge in [0.25, 0.3) is 0 Å². The minimum absolute atomic E-state index is 0.148. The van der Waals surface area contributed by atoms with Crippen LogP contribution in [0.5, 0.6) is 0 Å². The van der Waals surface area contributed by atoms with Gasteiger partial charge in [0.05, 0.1) is 6.26 Å². The summed E-state index contributed by atoms with van der Waals surface area (Å²) in [4.78, 5) is 0. The van der Waals surface area contributed by atoms with E-state index in [0.29, 0.717) is 5.56 Å². The number of rotatable bonds is 6. The quantitative estimate of drug-likeness (QED) is 0.850. The maximum Gasteiger partial charge on any atom is 0.126 e. The van der Waals surface area contributed by atoms with Crippen LogP contribution in [-0.4, -0.2) is 6.54 Å². The Labute approximate surface area is 113 Å². The van der Waals surface area contributed by atoms with Crippen LogP contribution < -0.4 is 5.32 Å². The van der Waals surface area contributed by atoms with Gasteiger partial charge in [-0.15, -0.1) is 0 Å². The molecule has 2 aromatic rings. The zero-order valence-corrected chi connectivity index (χ0v) is 11.4. The standard InChI is InChI=1S/C16H20FNO/c1-3-18-16(9-7-14-5-4-10-19-14)13-6-8-15(17)12(2)11-13/h4-6,8,10-11,16,18H,3,7,9H2,1-2H3. The first-order valence-electron chi connectivity index (χ1n) is 6.72. The predicted molar refractivity (Wildman–Crippen MR) is 74.6 cm³/mol. The van der Waals surface area contributed by atoms with Gasteiger partial charge in [-0.1, -0.05) is 19.1 Å². The molecule has 2 nitrogen and oxygen atoms in total. The Morgan fingerprint density at radius 1 is 1.32 bits per heavy atom. The molecule has 1 aromatic carbocycles. The highest BCUT2D eigenvalue weighted by atomic mass is 19.1. The van der Waals surface area contributed by atoms with Gasteiger partial charge in [-0.2, -0.15) is 0 Å². The molecule has 2 rings (SSSR count). The number of furan rings is 1. The van der Waals surface area contributed by atoms with Crippen LogP contribution in [0.4, 0.5) is 4.39 Å². The highest BCUT2D eigenvalue weighted by molar-refractivity contribution is 5.26. The molecule has 19 heavy (non-hydrogen) atoms. The largest absolute Gasteiger partial charge is 0.469 e. The molecule has 0 fully saturated rings. The summed E-state index contributed by atoms with van der Waals surface area (Å²) in [6.07, 6.45) is 3.51. The topological polar surface area (TPSA) is 25.2 Å². The lowest BCUT2D eigenvalue weighted by Gasteiger charge is -2.18. The van der Waals surface area contributed by atoms with E-state index in [2.05, 4.69) is 12.2 Å². The molecule has 1 atom stereocenters. The van der Waals surface area contributed by atoms with Crippen molar-refractivity contribution in [2.75, 3.05) is 6.54 Å². The van der Waals surface area contributed by atoms with Crippen LogP contribution in [0.1, 0.15) is 36.3 Å². The zero-order valence-electron chi connectivity index (χ0n) is 11.4. The normalized spacial score (nSPS) is 12.6. The molecule has 3 heteroatoms. The molecule has 0 amide bonds. The molecular weight excluding hydrogens is 241 g/mol. The van der Waals surface area contributed by atoms with E-state index in [9.17, 15) is 4.39 Å².